The molecule has 1 aliphatic rings. The molecule has 0 atom stereocenters. The molecule has 4 aromatic rings. The van der Waals surface area contributed by atoms with Crippen molar-refractivity contribution in [3.63, 3.8) is 0 Å². The van der Waals surface area contributed by atoms with E-state index in [2.05, 4.69) is 27.6 Å². The average Bonchev–Trinajstić information content (AvgIpc) is 3.44. The van der Waals surface area contributed by atoms with Gasteiger partial charge in [-0.05, 0) is 69.1 Å². The Morgan fingerprint density at radius 1 is 0.632 bits per heavy atom. The van der Waals surface area contributed by atoms with Crippen LogP contribution < -0.4 is 25.0 Å². The number of rotatable bonds is 26. The van der Waals surface area contributed by atoms with Gasteiger partial charge in [0.15, 0.2) is 0 Å². The SMILES string of the molecule is COCCOCCOCCOCCOCCOCCOc1ccc(B2OC(C)(C)C(C)(C)O2)cc1-c1ccc2c(NCc3ccc(OC)cc3OC)cnnc2c1. The molecule has 0 saturated carbocycles. The molecule has 57 heavy (non-hydrogen) atoms. The summed E-state index contributed by atoms with van der Waals surface area (Å²) in [5.74, 6) is 2.16. The molecule has 15 heteroatoms. The van der Waals surface area contributed by atoms with Crippen molar-refractivity contribution in [3.8, 4) is 28.4 Å². The Morgan fingerprint density at radius 3 is 1.84 bits per heavy atom. The maximum absolute atomic E-state index is 6.40. The number of hydrogen-bond acceptors (Lipinski definition) is 14. The molecule has 0 bridgehead atoms. The van der Waals surface area contributed by atoms with Gasteiger partial charge < -0.3 is 57.3 Å². The van der Waals surface area contributed by atoms with Crippen molar-refractivity contribution in [2.75, 3.05) is 106 Å². The van der Waals surface area contributed by atoms with E-state index in [4.69, 9.17) is 51.9 Å². The van der Waals surface area contributed by atoms with Gasteiger partial charge in [0.1, 0.15) is 23.9 Å². The fraction of sp³-hybridized carbons (Fsp3) is 0.524. The number of hydrogen-bond donors (Lipinski definition) is 1. The van der Waals surface area contributed by atoms with Gasteiger partial charge in [0.05, 0.1) is 115 Å². The molecule has 3 aromatic carbocycles. The van der Waals surface area contributed by atoms with E-state index in [1.54, 1.807) is 27.5 Å². The lowest BCUT2D eigenvalue weighted by Crippen LogP contribution is -2.41. The molecule has 0 spiro atoms. The zero-order valence-corrected chi connectivity index (χ0v) is 34.4. The lowest BCUT2D eigenvalue weighted by molar-refractivity contribution is -0.0159. The third-order valence-electron chi connectivity index (χ3n) is 9.85. The van der Waals surface area contributed by atoms with Gasteiger partial charge in [-0.2, -0.15) is 10.2 Å². The van der Waals surface area contributed by atoms with Gasteiger partial charge in [0.2, 0.25) is 0 Å². The van der Waals surface area contributed by atoms with E-state index in [1.165, 1.54) is 0 Å². The fourth-order valence-corrected chi connectivity index (χ4v) is 5.92. The third-order valence-corrected chi connectivity index (χ3v) is 9.85. The summed E-state index contributed by atoms with van der Waals surface area (Å²) in [4.78, 5) is 0. The molecule has 2 heterocycles. The zero-order valence-electron chi connectivity index (χ0n) is 34.4. The number of benzene rings is 3. The van der Waals surface area contributed by atoms with Gasteiger partial charge in [-0.15, -0.1) is 0 Å². The van der Waals surface area contributed by atoms with E-state index in [0.717, 1.165) is 50.2 Å². The predicted molar refractivity (Wildman–Crippen MR) is 219 cm³/mol. The Balaban J connectivity index is 1.16. The molecular formula is C42H58BN3O11. The predicted octanol–water partition coefficient (Wildman–Crippen LogP) is 5.33. The highest BCUT2D eigenvalue weighted by Gasteiger charge is 2.51. The van der Waals surface area contributed by atoms with Crippen LogP contribution in [0.25, 0.3) is 22.0 Å². The molecule has 0 radical (unpaired) electrons. The van der Waals surface area contributed by atoms with Crippen molar-refractivity contribution in [1.82, 2.24) is 10.2 Å². The molecule has 0 amide bonds. The lowest BCUT2D eigenvalue weighted by Gasteiger charge is -2.32. The normalized spacial score (nSPS) is 14.6. The van der Waals surface area contributed by atoms with Crippen LogP contribution in [-0.2, 0) is 44.3 Å². The van der Waals surface area contributed by atoms with Crippen molar-refractivity contribution in [2.24, 2.45) is 0 Å². The summed E-state index contributed by atoms with van der Waals surface area (Å²) in [7, 11) is 4.39. The molecular weight excluding hydrogens is 733 g/mol. The number of nitrogens with one attached hydrogen (secondary N) is 1. The summed E-state index contributed by atoms with van der Waals surface area (Å²) in [6.45, 7) is 14.5. The Kier molecular flexibility index (Phi) is 17.2. The first-order valence-electron chi connectivity index (χ1n) is 19.4. The molecule has 310 valence electrons. The van der Waals surface area contributed by atoms with Gasteiger partial charge in [0.25, 0.3) is 0 Å². The van der Waals surface area contributed by atoms with E-state index >= 15 is 0 Å². The number of nitrogens with zero attached hydrogens (tertiary/aromatic N) is 2. The minimum absolute atomic E-state index is 0.347. The van der Waals surface area contributed by atoms with Crippen LogP contribution in [0.15, 0.2) is 60.8 Å². The van der Waals surface area contributed by atoms with Gasteiger partial charge in [-0.3, -0.25) is 0 Å². The summed E-state index contributed by atoms with van der Waals surface area (Å²) < 4.78 is 62.8. The molecule has 5 rings (SSSR count). The Bertz CT molecular complexity index is 1810. The third kappa shape index (κ3) is 12.7. The molecule has 1 N–H and O–H groups in total. The zero-order chi connectivity index (χ0) is 40.5. The highest BCUT2D eigenvalue weighted by molar-refractivity contribution is 6.62. The smallest absolute Gasteiger partial charge is 0.494 e. The van der Waals surface area contributed by atoms with E-state index in [9.17, 15) is 0 Å². The minimum Gasteiger partial charge on any atom is -0.497 e. The van der Waals surface area contributed by atoms with Crippen molar-refractivity contribution < 1.29 is 51.9 Å². The van der Waals surface area contributed by atoms with Crippen LogP contribution in [0.2, 0.25) is 0 Å². The summed E-state index contributed by atoms with van der Waals surface area (Å²) in [5.41, 5.74) is 4.28. The monoisotopic (exact) mass is 791 g/mol. The maximum atomic E-state index is 6.40. The second-order valence-electron chi connectivity index (χ2n) is 14.3. The molecule has 0 aliphatic carbocycles. The van der Waals surface area contributed by atoms with Gasteiger partial charge in [-0.25, -0.2) is 0 Å². The van der Waals surface area contributed by atoms with Crippen molar-refractivity contribution >= 4 is 29.2 Å². The standard InChI is InChI=1S/C42H58BN3O11/c1-41(2)42(3,4)57-43(56-41)33-10-13-39(55-25-24-54-23-22-53-21-20-52-19-18-51-17-16-50-15-14-47-5)36(27-33)31-9-12-35-37(26-31)46-45-30-38(35)44-29-32-8-11-34(48-6)28-40(32)49-7/h8-13,26-28,30H,14-25,29H2,1-7H3,(H,44,46). The van der Waals surface area contributed by atoms with Crippen LogP contribution in [-0.4, -0.2) is 129 Å². The van der Waals surface area contributed by atoms with Gasteiger partial charge >= 0.3 is 7.12 Å². The summed E-state index contributed by atoms with van der Waals surface area (Å²) in [6, 6.07) is 17.9. The Labute approximate surface area is 336 Å². The molecule has 0 unspecified atom stereocenters. The molecule has 1 saturated heterocycles. The molecule has 1 aliphatic heterocycles. The fourth-order valence-electron chi connectivity index (χ4n) is 5.92. The van der Waals surface area contributed by atoms with Crippen LogP contribution >= 0.6 is 0 Å². The summed E-state index contributed by atoms with van der Waals surface area (Å²) in [5, 5.41) is 13.2. The molecule has 1 aromatic heterocycles. The van der Waals surface area contributed by atoms with Crippen molar-refractivity contribution in [3.05, 3.63) is 66.4 Å². The highest BCUT2D eigenvalue weighted by Crippen LogP contribution is 2.38. The van der Waals surface area contributed by atoms with E-state index in [1.807, 2.05) is 70.2 Å². The number of anilines is 1. The lowest BCUT2D eigenvalue weighted by atomic mass is 9.77. The first kappa shape index (κ1) is 44.1. The topological polar surface area (TPSA) is 139 Å². The maximum Gasteiger partial charge on any atom is 0.494 e. The first-order valence-corrected chi connectivity index (χ1v) is 19.4. The van der Waals surface area contributed by atoms with Crippen LogP contribution in [0.4, 0.5) is 5.69 Å². The van der Waals surface area contributed by atoms with E-state index in [-0.39, 0.29) is 0 Å². The quantitative estimate of drug-likeness (QED) is 0.0647. The second-order valence-corrected chi connectivity index (χ2v) is 14.3. The Morgan fingerprint density at radius 2 is 1.25 bits per heavy atom. The van der Waals surface area contributed by atoms with Crippen LogP contribution in [0.1, 0.15) is 33.3 Å². The van der Waals surface area contributed by atoms with Crippen LogP contribution in [0.5, 0.6) is 17.2 Å². The molecule has 1 fully saturated rings. The highest BCUT2D eigenvalue weighted by atomic mass is 16.7. The number of methoxy groups -OCH3 is 3. The second kappa shape index (κ2) is 22.2. The number of aromatic nitrogens is 2. The van der Waals surface area contributed by atoms with Crippen LogP contribution in [0.3, 0.4) is 0 Å². The van der Waals surface area contributed by atoms with Crippen molar-refractivity contribution in [2.45, 2.75) is 45.4 Å². The summed E-state index contributed by atoms with van der Waals surface area (Å²) >= 11 is 0. The molecule has 14 nitrogen and oxygen atoms in total. The largest absolute Gasteiger partial charge is 0.497 e. The van der Waals surface area contributed by atoms with Gasteiger partial charge in [-0.1, -0.05) is 18.2 Å². The van der Waals surface area contributed by atoms with E-state index in [0.29, 0.717) is 91.6 Å². The number of ether oxygens (including phenoxy) is 9. The van der Waals surface area contributed by atoms with Crippen LogP contribution in [0, 0.1) is 0 Å². The Hall–Kier alpha value is -4.06. The van der Waals surface area contributed by atoms with E-state index < -0.39 is 18.3 Å². The number of fused-ring (bicyclic) bond motifs is 1. The van der Waals surface area contributed by atoms with Crippen molar-refractivity contribution in [1.29, 1.82) is 0 Å². The first-order chi connectivity index (χ1) is 27.7. The minimum atomic E-state index is -0.535. The average molecular weight is 792 g/mol. The summed E-state index contributed by atoms with van der Waals surface area (Å²) in [6.07, 6.45) is 1.73. The van der Waals surface area contributed by atoms with Gasteiger partial charge in [0, 0.05) is 36.2 Å².